The van der Waals surface area contributed by atoms with Crippen LogP contribution in [0.5, 0.6) is 0 Å². The first-order valence-electron chi connectivity index (χ1n) is 8.65. The molecule has 1 atom stereocenters. The molecule has 6 heteroatoms. The molecular weight excluding hydrogens is 308 g/mol. The Bertz CT molecular complexity index is 561. The summed E-state index contributed by atoms with van der Waals surface area (Å²) >= 11 is 0. The lowest BCUT2D eigenvalue weighted by Crippen LogP contribution is -2.29. The van der Waals surface area contributed by atoms with Crippen molar-refractivity contribution < 1.29 is 19.1 Å². The zero-order chi connectivity index (χ0) is 16.8. The van der Waals surface area contributed by atoms with Crippen molar-refractivity contribution in [3.63, 3.8) is 0 Å². The smallest absolute Gasteiger partial charge is 0.335 e. The molecule has 1 amide bonds. The van der Waals surface area contributed by atoms with Gasteiger partial charge in [0.05, 0.1) is 0 Å². The SMILES string of the molecule is O=C(COC(=O)[C@@H]1CCCO1)Nc1ccc(N2CCCCC2)cc1. The molecule has 6 nitrogen and oxygen atoms in total. The topological polar surface area (TPSA) is 67.9 Å². The van der Waals surface area contributed by atoms with Gasteiger partial charge in [-0.1, -0.05) is 0 Å². The number of benzene rings is 1. The van der Waals surface area contributed by atoms with Crippen LogP contribution in [0.4, 0.5) is 11.4 Å². The van der Waals surface area contributed by atoms with Crippen molar-refractivity contribution >= 4 is 23.3 Å². The van der Waals surface area contributed by atoms with E-state index in [9.17, 15) is 9.59 Å². The van der Waals surface area contributed by atoms with Gasteiger partial charge in [0.1, 0.15) is 0 Å². The number of carbonyl (C=O) groups is 2. The highest BCUT2D eigenvalue weighted by atomic mass is 16.6. The number of carbonyl (C=O) groups excluding carboxylic acids is 2. The number of esters is 1. The molecule has 0 saturated carbocycles. The zero-order valence-corrected chi connectivity index (χ0v) is 13.8. The normalized spacial score (nSPS) is 20.7. The van der Waals surface area contributed by atoms with Crippen LogP contribution in [0.15, 0.2) is 24.3 Å². The highest BCUT2D eigenvalue weighted by Crippen LogP contribution is 2.21. The number of anilines is 2. The second kappa shape index (κ2) is 8.15. The molecule has 0 aromatic heterocycles. The third-order valence-corrected chi connectivity index (χ3v) is 4.41. The summed E-state index contributed by atoms with van der Waals surface area (Å²) in [5.74, 6) is -0.796. The van der Waals surface area contributed by atoms with Crippen molar-refractivity contribution in [2.75, 3.05) is 36.5 Å². The van der Waals surface area contributed by atoms with E-state index in [1.165, 1.54) is 24.9 Å². The minimum atomic E-state index is -0.512. The van der Waals surface area contributed by atoms with Crippen LogP contribution in [-0.2, 0) is 19.1 Å². The monoisotopic (exact) mass is 332 g/mol. The second-order valence-corrected chi connectivity index (χ2v) is 6.25. The molecule has 2 aliphatic heterocycles. The number of hydrogen-bond donors (Lipinski definition) is 1. The summed E-state index contributed by atoms with van der Waals surface area (Å²) in [6, 6.07) is 7.78. The Morgan fingerprint density at radius 2 is 1.88 bits per heavy atom. The summed E-state index contributed by atoms with van der Waals surface area (Å²) in [6.07, 6.45) is 4.77. The van der Waals surface area contributed by atoms with E-state index in [0.717, 1.165) is 19.5 Å². The van der Waals surface area contributed by atoms with Crippen LogP contribution in [0.2, 0.25) is 0 Å². The highest BCUT2D eigenvalue weighted by Gasteiger charge is 2.25. The lowest BCUT2D eigenvalue weighted by molar-refractivity contribution is -0.156. The number of rotatable bonds is 5. The van der Waals surface area contributed by atoms with Crippen LogP contribution in [-0.4, -0.2) is 44.3 Å². The number of nitrogens with one attached hydrogen (secondary N) is 1. The Balaban J connectivity index is 1.44. The van der Waals surface area contributed by atoms with E-state index < -0.39 is 12.1 Å². The molecule has 1 N–H and O–H groups in total. The van der Waals surface area contributed by atoms with Crippen molar-refractivity contribution in [1.29, 1.82) is 0 Å². The summed E-state index contributed by atoms with van der Waals surface area (Å²) in [4.78, 5) is 25.9. The van der Waals surface area contributed by atoms with Gasteiger partial charge in [0.15, 0.2) is 12.7 Å². The van der Waals surface area contributed by atoms with Gasteiger partial charge in [0.2, 0.25) is 0 Å². The molecule has 0 radical (unpaired) electrons. The third kappa shape index (κ3) is 4.47. The predicted molar refractivity (Wildman–Crippen MR) is 91.1 cm³/mol. The zero-order valence-electron chi connectivity index (χ0n) is 13.8. The fourth-order valence-corrected chi connectivity index (χ4v) is 3.10. The lowest BCUT2D eigenvalue weighted by atomic mass is 10.1. The molecule has 24 heavy (non-hydrogen) atoms. The minimum absolute atomic E-state index is 0.285. The van der Waals surface area contributed by atoms with Crippen LogP contribution in [0.25, 0.3) is 0 Å². The number of ether oxygens (including phenoxy) is 2. The van der Waals surface area contributed by atoms with E-state index in [1.807, 2.05) is 24.3 Å². The Morgan fingerprint density at radius 1 is 1.12 bits per heavy atom. The van der Waals surface area contributed by atoms with E-state index in [4.69, 9.17) is 9.47 Å². The van der Waals surface area contributed by atoms with Crippen molar-refractivity contribution in [1.82, 2.24) is 0 Å². The van der Waals surface area contributed by atoms with E-state index in [2.05, 4.69) is 10.2 Å². The first-order chi connectivity index (χ1) is 11.7. The van der Waals surface area contributed by atoms with Gasteiger partial charge >= 0.3 is 5.97 Å². The molecule has 0 bridgehead atoms. The van der Waals surface area contributed by atoms with Crippen LogP contribution < -0.4 is 10.2 Å². The quantitative estimate of drug-likeness (QED) is 0.838. The maximum Gasteiger partial charge on any atom is 0.335 e. The molecule has 2 saturated heterocycles. The largest absolute Gasteiger partial charge is 0.454 e. The second-order valence-electron chi connectivity index (χ2n) is 6.25. The lowest BCUT2D eigenvalue weighted by Gasteiger charge is -2.28. The maximum absolute atomic E-state index is 11.9. The van der Waals surface area contributed by atoms with E-state index in [-0.39, 0.29) is 12.5 Å². The van der Waals surface area contributed by atoms with Gasteiger partial charge in [-0.05, 0) is 56.4 Å². The first-order valence-corrected chi connectivity index (χ1v) is 8.65. The van der Waals surface area contributed by atoms with Crippen LogP contribution in [0, 0.1) is 0 Å². The average molecular weight is 332 g/mol. The third-order valence-electron chi connectivity index (χ3n) is 4.41. The van der Waals surface area contributed by atoms with E-state index in [0.29, 0.717) is 18.7 Å². The molecule has 3 rings (SSSR count). The molecule has 130 valence electrons. The van der Waals surface area contributed by atoms with Gasteiger partial charge in [-0.3, -0.25) is 4.79 Å². The van der Waals surface area contributed by atoms with Crippen LogP contribution in [0.3, 0.4) is 0 Å². The van der Waals surface area contributed by atoms with Gasteiger partial charge in [0, 0.05) is 31.1 Å². The van der Waals surface area contributed by atoms with Gasteiger partial charge in [-0.25, -0.2) is 4.79 Å². The number of amides is 1. The summed E-state index contributed by atoms with van der Waals surface area (Å²) in [7, 11) is 0. The summed E-state index contributed by atoms with van der Waals surface area (Å²) in [6.45, 7) is 2.47. The minimum Gasteiger partial charge on any atom is -0.454 e. The molecule has 1 aromatic carbocycles. The van der Waals surface area contributed by atoms with Gasteiger partial charge in [-0.15, -0.1) is 0 Å². The molecule has 2 fully saturated rings. The Kier molecular flexibility index (Phi) is 5.69. The number of piperidine rings is 1. The molecule has 0 aliphatic carbocycles. The van der Waals surface area contributed by atoms with Crippen molar-refractivity contribution in [3.8, 4) is 0 Å². The highest BCUT2D eigenvalue weighted by molar-refractivity contribution is 5.93. The van der Waals surface area contributed by atoms with E-state index >= 15 is 0 Å². The number of hydrogen-bond acceptors (Lipinski definition) is 5. The summed E-state index contributed by atoms with van der Waals surface area (Å²) in [5, 5.41) is 2.74. The summed E-state index contributed by atoms with van der Waals surface area (Å²) < 4.78 is 10.2. The van der Waals surface area contributed by atoms with Crippen LogP contribution >= 0.6 is 0 Å². The Morgan fingerprint density at radius 3 is 2.54 bits per heavy atom. The van der Waals surface area contributed by atoms with Crippen molar-refractivity contribution in [2.45, 2.75) is 38.2 Å². The molecule has 1 aromatic rings. The first kappa shape index (κ1) is 16.8. The van der Waals surface area contributed by atoms with Crippen LogP contribution in [0.1, 0.15) is 32.1 Å². The van der Waals surface area contributed by atoms with Gasteiger partial charge in [0.25, 0.3) is 5.91 Å². The fraction of sp³-hybridized carbons (Fsp3) is 0.556. The average Bonchev–Trinajstić information content (AvgIpc) is 3.16. The fourth-order valence-electron chi connectivity index (χ4n) is 3.10. The standard InChI is InChI=1S/C18H24N2O4/c21-17(13-24-18(22)16-5-4-12-23-16)19-14-6-8-15(9-7-14)20-10-2-1-3-11-20/h6-9,16H,1-5,10-13H2,(H,19,21)/t16-/m0/s1. The van der Waals surface area contributed by atoms with Crippen molar-refractivity contribution in [2.24, 2.45) is 0 Å². The maximum atomic E-state index is 11.9. The molecule has 0 unspecified atom stereocenters. The predicted octanol–water partition coefficient (Wildman–Crippen LogP) is 2.34. The van der Waals surface area contributed by atoms with Gasteiger partial charge < -0.3 is 19.7 Å². The summed E-state index contributed by atoms with van der Waals surface area (Å²) in [5.41, 5.74) is 1.88. The Hall–Kier alpha value is -2.08. The van der Waals surface area contributed by atoms with Crippen molar-refractivity contribution in [3.05, 3.63) is 24.3 Å². The number of nitrogens with zero attached hydrogens (tertiary/aromatic N) is 1. The van der Waals surface area contributed by atoms with E-state index in [1.54, 1.807) is 0 Å². The molecular formula is C18H24N2O4. The molecule has 0 spiro atoms. The molecule has 2 aliphatic rings. The molecule has 2 heterocycles. The Labute approximate surface area is 142 Å². The van der Waals surface area contributed by atoms with Gasteiger partial charge in [-0.2, -0.15) is 0 Å².